The third-order valence-corrected chi connectivity index (χ3v) is 6.47. The zero-order valence-electron chi connectivity index (χ0n) is 20.6. The summed E-state index contributed by atoms with van der Waals surface area (Å²) in [5.74, 6) is -0.418. The molecule has 1 fully saturated rings. The van der Waals surface area contributed by atoms with Gasteiger partial charge in [0.05, 0.1) is 23.0 Å². The summed E-state index contributed by atoms with van der Waals surface area (Å²) < 4.78 is 2.38. The number of nitrogens with one attached hydrogen (secondary N) is 2. The van der Waals surface area contributed by atoms with Crippen LogP contribution in [0.1, 0.15) is 30.9 Å². The van der Waals surface area contributed by atoms with Gasteiger partial charge in [0.15, 0.2) is 0 Å². The van der Waals surface area contributed by atoms with Gasteiger partial charge in [-0.2, -0.15) is 0 Å². The fourth-order valence-corrected chi connectivity index (χ4v) is 4.37. The molecule has 8 heteroatoms. The van der Waals surface area contributed by atoms with E-state index in [9.17, 15) is 19.2 Å². The third kappa shape index (κ3) is 5.38. The number of fused-ring (bicyclic) bond motifs is 1. The number of aromatic nitrogens is 2. The summed E-state index contributed by atoms with van der Waals surface area (Å²) >= 11 is 0. The van der Waals surface area contributed by atoms with Gasteiger partial charge in [-0.05, 0) is 66.8 Å². The second-order valence-electron chi connectivity index (χ2n) is 9.31. The zero-order chi connectivity index (χ0) is 25.9. The van der Waals surface area contributed by atoms with Gasteiger partial charge in [0.2, 0.25) is 11.8 Å². The van der Waals surface area contributed by atoms with Crippen LogP contribution < -0.4 is 21.9 Å². The Morgan fingerprint density at radius 3 is 2.38 bits per heavy atom. The largest absolute Gasteiger partial charge is 0.353 e. The van der Waals surface area contributed by atoms with Crippen LogP contribution in [0.4, 0.5) is 5.69 Å². The topological polar surface area (TPSA) is 102 Å². The molecule has 37 heavy (non-hydrogen) atoms. The number of carbonyl (C=O) groups is 2. The molecule has 1 aromatic heterocycles. The fourth-order valence-electron chi connectivity index (χ4n) is 4.37. The van der Waals surface area contributed by atoms with Crippen molar-refractivity contribution in [1.29, 1.82) is 0 Å². The van der Waals surface area contributed by atoms with Crippen LogP contribution in [-0.2, 0) is 29.0 Å². The maximum absolute atomic E-state index is 13.6. The second-order valence-corrected chi connectivity index (χ2v) is 9.31. The Kier molecular flexibility index (Phi) is 6.72. The number of para-hydroxylation sites is 1. The molecular weight excluding hydrogens is 468 g/mol. The Bertz CT molecular complexity index is 1600. The molecule has 0 radical (unpaired) electrons. The summed E-state index contributed by atoms with van der Waals surface area (Å²) in [6, 6.07) is 21.4. The van der Waals surface area contributed by atoms with Crippen molar-refractivity contribution >= 4 is 28.4 Å². The molecule has 1 heterocycles. The molecule has 3 aromatic carbocycles. The standard InChI is InChI=1S/C29H28N4O4/c1-2-19-6-5-7-22(16-19)31-27(35)18-32-25-9-4-3-8-24(25)28(36)33(29(32)37)23-14-10-20(11-15-23)17-26(34)30-21-12-13-21/h3-11,14-16,21H,2,12-13,17-18H2,1H3,(H,30,34)(H,31,35). The van der Waals surface area contributed by atoms with Crippen LogP contribution >= 0.6 is 0 Å². The minimum absolute atomic E-state index is 0.0454. The molecule has 0 unspecified atom stereocenters. The highest BCUT2D eigenvalue weighted by atomic mass is 16.2. The van der Waals surface area contributed by atoms with E-state index in [2.05, 4.69) is 10.6 Å². The summed E-state index contributed by atoms with van der Waals surface area (Å²) in [5.41, 5.74) is 2.20. The highest BCUT2D eigenvalue weighted by molar-refractivity contribution is 5.91. The van der Waals surface area contributed by atoms with E-state index in [1.807, 2.05) is 25.1 Å². The van der Waals surface area contributed by atoms with Crippen molar-refractivity contribution in [3.8, 4) is 5.69 Å². The van der Waals surface area contributed by atoms with E-state index in [4.69, 9.17) is 0 Å². The number of nitrogens with zero attached hydrogens (tertiary/aromatic N) is 2. The average molecular weight is 497 g/mol. The maximum Gasteiger partial charge on any atom is 0.336 e. The van der Waals surface area contributed by atoms with E-state index in [0.717, 1.165) is 35.0 Å². The monoisotopic (exact) mass is 496 g/mol. The zero-order valence-corrected chi connectivity index (χ0v) is 20.6. The first kappa shape index (κ1) is 24.2. The number of hydrogen-bond donors (Lipinski definition) is 2. The molecule has 188 valence electrons. The first-order chi connectivity index (χ1) is 17.9. The Balaban J connectivity index is 1.47. The second kappa shape index (κ2) is 10.3. The van der Waals surface area contributed by atoms with Crippen LogP contribution in [0.3, 0.4) is 0 Å². The summed E-state index contributed by atoms with van der Waals surface area (Å²) in [6.07, 6.45) is 3.10. The molecule has 5 rings (SSSR count). The molecule has 1 aliphatic carbocycles. The van der Waals surface area contributed by atoms with E-state index >= 15 is 0 Å². The molecule has 0 atom stereocenters. The van der Waals surface area contributed by atoms with Crippen LogP contribution in [0.15, 0.2) is 82.4 Å². The van der Waals surface area contributed by atoms with E-state index in [0.29, 0.717) is 22.3 Å². The van der Waals surface area contributed by atoms with Gasteiger partial charge in [-0.15, -0.1) is 0 Å². The van der Waals surface area contributed by atoms with E-state index in [1.54, 1.807) is 54.6 Å². The molecule has 1 aliphatic rings. The molecule has 2 amide bonds. The van der Waals surface area contributed by atoms with Gasteiger partial charge in [-0.3, -0.25) is 19.0 Å². The van der Waals surface area contributed by atoms with Crippen molar-refractivity contribution < 1.29 is 9.59 Å². The lowest BCUT2D eigenvalue weighted by Gasteiger charge is -2.15. The number of amides is 2. The Hall–Kier alpha value is -4.46. The summed E-state index contributed by atoms with van der Waals surface area (Å²) in [6.45, 7) is 1.78. The van der Waals surface area contributed by atoms with Gasteiger partial charge >= 0.3 is 5.69 Å². The third-order valence-electron chi connectivity index (χ3n) is 6.47. The van der Waals surface area contributed by atoms with Crippen LogP contribution in [0, 0.1) is 0 Å². The first-order valence-corrected chi connectivity index (χ1v) is 12.4. The van der Waals surface area contributed by atoms with Gasteiger partial charge in [0.25, 0.3) is 5.56 Å². The normalized spacial score (nSPS) is 12.9. The summed E-state index contributed by atoms with van der Waals surface area (Å²) in [4.78, 5) is 52.0. The predicted octanol–water partition coefficient (Wildman–Crippen LogP) is 3.17. The molecule has 2 N–H and O–H groups in total. The van der Waals surface area contributed by atoms with Crippen LogP contribution in [0.2, 0.25) is 0 Å². The minimum Gasteiger partial charge on any atom is -0.353 e. The van der Waals surface area contributed by atoms with E-state index < -0.39 is 11.2 Å². The van der Waals surface area contributed by atoms with Crippen LogP contribution in [0.5, 0.6) is 0 Å². The van der Waals surface area contributed by atoms with Crippen LogP contribution in [-0.4, -0.2) is 27.0 Å². The quantitative estimate of drug-likeness (QED) is 0.391. The summed E-state index contributed by atoms with van der Waals surface area (Å²) in [7, 11) is 0. The number of benzene rings is 3. The molecule has 4 aromatic rings. The molecule has 0 saturated heterocycles. The highest BCUT2D eigenvalue weighted by Crippen LogP contribution is 2.19. The van der Waals surface area contributed by atoms with Crippen molar-refractivity contribution in [3.63, 3.8) is 0 Å². The summed E-state index contributed by atoms with van der Waals surface area (Å²) in [5, 5.41) is 6.13. The van der Waals surface area contributed by atoms with Crippen molar-refractivity contribution in [2.24, 2.45) is 0 Å². The molecule has 8 nitrogen and oxygen atoms in total. The van der Waals surface area contributed by atoms with Crippen molar-refractivity contribution in [3.05, 3.63) is 105 Å². The van der Waals surface area contributed by atoms with E-state index in [-0.39, 0.29) is 30.8 Å². The maximum atomic E-state index is 13.6. The number of aryl methyl sites for hydroxylation is 1. The SMILES string of the molecule is CCc1cccc(NC(=O)Cn2c(=O)n(-c3ccc(CC(=O)NC4CC4)cc3)c(=O)c3ccccc32)c1. The van der Waals surface area contributed by atoms with Gasteiger partial charge < -0.3 is 10.6 Å². The van der Waals surface area contributed by atoms with Gasteiger partial charge in [-0.25, -0.2) is 9.36 Å². The number of anilines is 1. The number of carbonyl (C=O) groups excluding carboxylic acids is 2. The molecule has 1 saturated carbocycles. The smallest absolute Gasteiger partial charge is 0.336 e. The first-order valence-electron chi connectivity index (χ1n) is 12.4. The minimum atomic E-state index is -0.611. The Morgan fingerprint density at radius 1 is 0.892 bits per heavy atom. The predicted molar refractivity (Wildman–Crippen MR) is 143 cm³/mol. The lowest BCUT2D eigenvalue weighted by molar-refractivity contribution is -0.120. The number of hydrogen-bond acceptors (Lipinski definition) is 4. The van der Waals surface area contributed by atoms with Gasteiger partial charge in [-0.1, -0.05) is 43.3 Å². The molecule has 0 spiro atoms. The van der Waals surface area contributed by atoms with E-state index in [1.165, 1.54) is 4.57 Å². The molecule has 0 bridgehead atoms. The van der Waals surface area contributed by atoms with Crippen molar-refractivity contribution in [2.45, 2.75) is 45.2 Å². The Labute approximate surface area is 213 Å². The highest BCUT2D eigenvalue weighted by Gasteiger charge is 2.23. The fraction of sp³-hybridized carbons (Fsp3) is 0.241. The van der Waals surface area contributed by atoms with Gasteiger partial charge in [0, 0.05) is 11.7 Å². The van der Waals surface area contributed by atoms with Crippen molar-refractivity contribution in [1.82, 2.24) is 14.5 Å². The van der Waals surface area contributed by atoms with Crippen LogP contribution in [0.25, 0.3) is 16.6 Å². The Morgan fingerprint density at radius 2 is 1.65 bits per heavy atom. The molecule has 0 aliphatic heterocycles. The molecular formula is C29H28N4O4. The van der Waals surface area contributed by atoms with Crippen molar-refractivity contribution in [2.75, 3.05) is 5.32 Å². The van der Waals surface area contributed by atoms with Gasteiger partial charge in [0.1, 0.15) is 6.54 Å². The number of rotatable bonds is 8. The lowest BCUT2D eigenvalue weighted by atomic mass is 10.1. The average Bonchev–Trinajstić information content (AvgIpc) is 3.71. The lowest BCUT2D eigenvalue weighted by Crippen LogP contribution is -2.40.